The van der Waals surface area contributed by atoms with Gasteiger partial charge in [0.15, 0.2) is 6.61 Å². The Morgan fingerprint density at radius 1 is 0.926 bits per heavy atom. The fourth-order valence-electron chi connectivity index (χ4n) is 3.25. The first-order valence-electron chi connectivity index (χ1n) is 9.36. The Morgan fingerprint density at radius 3 is 2.30 bits per heavy atom. The molecule has 1 saturated heterocycles. The van der Waals surface area contributed by atoms with Gasteiger partial charge in [-0.3, -0.25) is 14.5 Å². The Hall–Kier alpha value is -2.66. The van der Waals surface area contributed by atoms with Crippen LogP contribution in [0.25, 0.3) is 0 Å². The lowest BCUT2D eigenvalue weighted by Crippen LogP contribution is -2.49. The van der Waals surface area contributed by atoms with E-state index in [1.54, 1.807) is 4.90 Å². The Morgan fingerprint density at radius 2 is 1.59 bits per heavy atom. The van der Waals surface area contributed by atoms with Crippen molar-refractivity contribution in [2.45, 2.75) is 19.9 Å². The van der Waals surface area contributed by atoms with Crippen LogP contribution in [0.3, 0.4) is 0 Å². The van der Waals surface area contributed by atoms with Crippen molar-refractivity contribution in [1.82, 2.24) is 9.80 Å². The van der Waals surface area contributed by atoms with E-state index >= 15 is 0 Å². The molecule has 2 aromatic rings. The highest BCUT2D eigenvalue weighted by Gasteiger charge is 2.22. The van der Waals surface area contributed by atoms with Gasteiger partial charge in [0.05, 0.1) is 6.42 Å². The zero-order valence-electron chi connectivity index (χ0n) is 15.8. The highest BCUT2D eigenvalue weighted by atomic mass is 16.5. The molecule has 27 heavy (non-hydrogen) atoms. The van der Waals surface area contributed by atoms with Crippen molar-refractivity contribution < 1.29 is 14.3 Å². The monoisotopic (exact) mass is 366 g/mol. The number of carbonyl (C=O) groups excluding carboxylic acids is 2. The molecule has 1 amide bonds. The summed E-state index contributed by atoms with van der Waals surface area (Å²) in [5, 5.41) is 0. The first-order valence-corrected chi connectivity index (χ1v) is 9.36. The third-order valence-electron chi connectivity index (χ3n) is 4.93. The van der Waals surface area contributed by atoms with Crippen molar-refractivity contribution in [2.75, 3.05) is 32.8 Å². The number of benzene rings is 2. The van der Waals surface area contributed by atoms with E-state index in [1.807, 2.05) is 49.4 Å². The van der Waals surface area contributed by atoms with Gasteiger partial charge in [-0.2, -0.15) is 0 Å². The molecule has 1 fully saturated rings. The van der Waals surface area contributed by atoms with Crippen molar-refractivity contribution in [3.8, 4) is 0 Å². The zero-order chi connectivity index (χ0) is 19.1. The van der Waals surface area contributed by atoms with Gasteiger partial charge in [0.2, 0.25) is 0 Å². The Bertz CT molecular complexity index is 768. The Balaban J connectivity index is 1.39. The molecule has 5 nitrogen and oxygen atoms in total. The average molecular weight is 366 g/mol. The number of esters is 1. The minimum atomic E-state index is -0.361. The molecule has 1 aliphatic rings. The molecule has 3 rings (SSSR count). The first kappa shape index (κ1) is 19.1. The van der Waals surface area contributed by atoms with E-state index in [9.17, 15) is 9.59 Å². The number of piperazine rings is 1. The Kier molecular flexibility index (Phi) is 6.60. The summed E-state index contributed by atoms with van der Waals surface area (Å²) in [6, 6.07) is 18.0. The number of nitrogens with zero attached hydrogens (tertiary/aromatic N) is 2. The smallest absolute Gasteiger partial charge is 0.310 e. The molecule has 0 aromatic heterocycles. The number of aryl methyl sites for hydroxylation is 1. The number of hydrogen-bond donors (Lipinski definition) is 0. The van der Waals surface area contributed by atoms with Crippen molar-refractivity contribution in [3.63, 3.8) is 0 Å². The van der Waals surface area contributed by atoms with Crippen LogP contribution in [0.15, 0.2) is 54.6 Å². The van der Waals surface area contributed by atoms with Crippen molar-refractivity contribution in [3.05, 3.63) is 71.3 Å². The number of hydrogen-bond acceptors (Lipinski definition) is 4. The summed E-state index contributed by atoms with van der Waals surface area (Å²) in [6.45, 7) is 5.68. The van der Waals surface area contributed by atoms with Crippen LogP contribution in [-0.2, 0) is 27.3 Å². The maximum Gasteiger partial charge on any atom is 0.310 e. The second-order valence-corrected chi connectivity index (χ2v) is 6.91. The van der Waals surface area contributed by atoms with Crippen LogP contribution < -0.4 is 0 Å². The minimum absolute atomic E-state index is 0.118. The molecule has 1 heterocycles. The largest absolute Gasteiger partial charge is 0.455 e. The lowest BCUT2D eigenvalue weighted by Gasteiger charge is -2.34. The highest BCUT2D eigenvalue weighted by Crippen LogP contribution is 2.10. The number of ether oxygens (including phenoxy) is 1. The molecule has 2 aromatic carbocycles. The topological polar surface area (TPSA) is 49.9 Å². The molecule has 1 aliphatic heterocycles. The van der Waals surface area contributed by atoms with Gasteiger partial charge >= 0.3 is 5.97 Å². The van der Waals surface area contributed by atoms with Crippen molar-refractivity contribution >= 4 is 11.9 Å². The fraction of sp³-hybridized carbons (Fsp3) is 0.364. The fourth-order valence-corrected chi connectivity index (χ4v) is 3.25. The van der Waals surface area contributed by atoms with Crippen LogP contribution in [0.2, 0.25) is 0 Å². The van der Waals surface area contributed by atoms with Crippen LogP contribution >= 0.6 is 0 Å². The predicted octanol–water partition coefficient (Wildman–Crippen LogP) is 2.43. The maximum atomic E-state index is 12.3. The van der Waals surface area contributed by atoms with E-state index < -0.39 is 0 Å². The molecular formula is C22H26N2O3. The minimum Gasteiger partial charge on any atom is -0.455 e. The van der Waals surface area contributed by atoms with Crippen LogP contribution in [0.5, 0.6) is 0 Å². The predicted molar refractivity (Wildman–Crippen MR) is 104 cm³/mol. The van der Waals surface area contributed by atoms with Crippen molar-refractivity contribution in [1.29, 1.82) is 0 Å². The van der Waals surface area contributed by atoms with E-state index in [0.29, 0.717) is 13.1 Å². The molecule has 5 heteroatoms. The highest BCUT2D eigenvalue weighted by molar-refractivity contribution is 5.81. The van der Waals surface area contributed by atoms with E-state index in [2.05, 4.69) is 17.0 Å². The summed E-state index contributed by atoms with van der Waals surface area (Å²) in [5.74, 6) is -0.479. The van der Waals surface area contributed by atoms with E-state index in [-0.39, 0.29) is 24.9 Å². The molecule has 0 saturated carbocycles. The third-order valence-corrected chi connectivity index (χ3v) is 4.93. The average Bonchev–Trinajstić information content (AvgIpc) is 2.69. The van der Waals surface area contributed by atoms with Gasteiger partial charge in [-0.1, -0.05) is 54.6 Å². The second-order valence-electron chi connectivity index (χ2n) is 6.91. The van der Waals surface area contributed by atoms with Gasteiger partial charge in [-0.25, -0.2) is 0 Å². The van der Waals surface area contributed by atoms with E-state index in [1.165, 1.54) is 5.56 Å². The lowest BCUT2D eigenvalue weighted by atomic mass is 10.1. The van der Waals surface area contributed by atoms with Gasteiger partial charge in [-0.15, -0.1) is 0 Å². The summed E-state index contributed by atoms with van der Waals surface area (Å²) in [7, 11) is 0. The van der Waals surface area contributed by atoms with Crippen LogP contribution in [0, 0.1) is 6.92 Å². The molecule has 0 N–H and O–H groups in total. The molecule has 142 valence electrons. The summed E-state index contributed by atoms with van der Waals surface area (Å²) < 4.78 is 5.19. The molecule has 0 unspecified atom stereocenters. The van der Waals surface area contributed by atoms with Crippen molar-refractivity contribution in [2.24, 2.45) is 0 Å². The standard InChI is InChI=1S/C22H26N2O3/c1-18-7-5-6-10-20(18)15-22(26)27-17-21(25)24-13-11-23(12-14-24)16-19-8-3-2-4-9-19/h2-10H,11-17H2,1H3. The van der Waals surface area contributed by atoms with E-state index in [0.717, 1.165) is 30.8 Å². The molecule has 0 atom stereocenters. The molecule has 0 bridgehead atoms. The lowest BCUT2D eigenvalue weighted by molar-refractivity contribution is -0.152. The second kappa shape index (κ2) is 9.33. The summed E-state index contributed by atoms with van der Waals surface area (Å²) in [4.78, 5) is 28.4. The van der Waals surface area contributed by atoms with Gasteiger partial charge in [0, 0.05) is 32.7 Å². The summed E-state index contributed by atoms with van der Waals surface area (Å²) in [6.07, 6.45) is 0.199. The number of rotatable bonds is 6. The van der Waals surface area contributed by atoms with Crippen LogP contribution in [-0.4, -0.2) is 54.5 Å². The quantitative estimate of drug-likeness (QED) is 0.737. The SMILES string of the molecule is Cc1ccccc1CC(=O)OCC(=O)N1CCN(Cc2ccccc2)CC1. The Labute approximate surface area is 160 Å². The molecular weight excluding hydrogens is 340 g/mol. The zero-order valence-corrected chi connectivity index (χ0v) is 15.8. The third kappa shape index (κ3) is 5.66. The molecule has 0 spiro atoms. The molecule has 0 aliphatic carbocycles. The maximum absolute atomic E-state index is 12.3. The van der Waals surface area contributed by atoms with Gasteiger partial charge < -0.3 is 9.64 Å². The number of carbonyl (C=O) groups is 2. The van der Waals surface area contributed by atoms with Gasteiger partial charge in [0.25, 0.3) is 5.91 Å². The summed E-state index contributed by atoms with van der Waals surface area (Å²) in [5.41, 5.74) is 3.27. The first-order chi connectivity index (χ1) is 13.1. The molecule has 0 radical (unpaired) electrons. The van der Waals surface area contributed by atoms with Gasteiger partial charge in [0.1, 0.15) is 0 Å². The summed E-state index contributed by atoms with van der Waals surface area (Å²) >= 11 is 0. The van der Waals surface area contributed by atoms with Crippen LogP contribution in [0.4, 0.5) is 0 Å². The normalized spacial score (nSPS) is 14.8. The number of amides is 1. The van der Waals surface area contributed by atoms with Crippen LogP contribution in [0.1, 0.15) is 16.7 Å². The van der Waals surface area contributed by atoms with E-state index in [4.69, 9.17) is 4.74 Å². The van der Waals surface area contributed by atoms with Gasteiger partial charge in [-0.05, 0) is 23.6 Å².